The average molecular weight is 959 g/mol. The van der Waals surface area contributed by atoms with E-state index in [1.54, 1.807) is 0 Å². The fourth-order valence-corrected chi connectivity index (χ4v) is 11.0. The standard InChI is InChI=1S/C62H123N3O3/c1-5-9-13-17-21-25-33-45-55-64(56-46-34-26-22-18-14-10-6-2)61(67)51-39-31-29-37-43-53-63(59-49-41-42-50-60(59)66)54-44-38-30-32-40-52-62(68)65(57-47-35-27-23-19-15-11-7-3)58-48-36-28-24-20-16-12-8-4/h59-60,66H,5-58H2,1-4H3/t59-,60-/m0/s1. The quantitative estimate of drug-likeness (QED) is 0.0617. The van der Waals surface area contributed by atoms with Crippen molar-refractivity contribution in [1.82, 2.24) is 14.7 Å². The van der Waals surface area contributed by atoms with Gasteiger partial charge in [0, 0.05) is 45.1 Å². The third-order valence-electron chi connectivity index (χ3n) is 15.7. The summed E-state index contributed by atoms with van der Waals surface area (Å²) in [7, 11) is 0. The van der Waals surface area contributed by atoms with E-state index in [9.17, 15) is 14.7 Å². The van der Waals surface area contributed by atoms with E-state index in [0.29, 0.717) is 17.9 Å². The van der Waals surface area contributed by atoms with E-state index >= 15 is 0 Å². The Bertz CT molecular complexity index is 944. The van der Waals surface area contributed by atoms with Crippen molar-refractivity contribution in [1.29, 1.82) is 0 Å². The van der Waals surface area contributed by atoms with Crippen LogP contribution in [0.5, 0.6) is 0 Å². The Kier molecular flexibility index (Phi) is 48.5. The van der Waals surface area contributed by atoms with Gasteiger partial charge in [-0.1, -0.05) is 259 Å². The predicted molar refractivity (Wildman–Crippen MR) is 299 cm³/mol. The summed E-state index contributed by atoms with van der Waals surface area (Å²) in [4.78, 5) is 34.1. The molecular formula is C62H123N3O3. The summed E-state index contributed by atoms with van der Waals surface area (Å²) in [5.74, 6) is 0.815. The lowest BCUT2D eigenvalue weighted by Gasteiger charge is -2.38. The van der Waals surface area contributed by atoms with Gasteiger partial charge in [-0.05, 0) is 77.3 Å². The molecule has 0 aliphatic heterocycles. The molecule has 0 bridgehead atoms. The van der Waals surface area contributed by atoms with Crippen molar-refractivity contribution < 1.29 is 14.7 Å². The van der Waals surface area contributed by atoms with Crippen LogP contribution in [0.25, 0.3) is 0 Å². The number of aliphatic hydroxyl groups is 1. The lowest BCUT2D eigenvalue weighted by molar-refractivity contribution is -0.132. The van der Waals surface area contributed by atoms with Gasteiger partial charge in [-0.2, -0.15) is 0 Å². The van der Waals surface area contributed by atoms with Crippen LogP contribution in [0.4, 0.5) is 0 Å². The summed E-state index contributed by atoms with van der Waals surface area (Å²) >= 11 is 0. The summed E-state index contributed by atoms with van der Waals surface area (Å²) in [6.45, 7) is 15.2. The number of unbranched alkanes of at least 4 members (excludes halogenated alkanes) is 36. The highest BCUT2D eigenvalue weighted by molar-refractivity contribution is 5.76. The van der Waals surface area contributed by atoms with Crippen molar-refractivity contribution in [3.63, 3.8) is 0 Å². The van der Waals surface area contributed by atoms with Crippen molar-refractivity contribution in [3.05, 3.63) is 0 Å². The molecule has 2 amide bonds. The molecule has 0 spiro atoms. The highest BCUT2D eigenvalue weighted by Crippen LogP contribution is 2.25. The lowest BCUT2D eigenvalue weighted by Crippen LogP contribution is -2.46. The second-order valence-electron chi connectivity index (χ2n) is 22.2. The summed E-state index contributed by atoms with van der Waals surface area (Å²) in [5, 5.41) is 11.0. The molecule has 1 rings (SSSR count). The Balaban J connectivity index is 2.45. The normalized spacial score (nSPS) is 15.1. The van der Waals surface area contributed by atoms with Gasteiger partial charge in [0.15, 0.2) is 0 Å². The van der Waals surface area contributed by atoms with Crippen molar-refractivity contribution in [2.75, 3.05) is 39.3 Å². The van der Waals surface area contributed by atoms with Crippen LogP contribution in [-0.4, -0.2) is 83.0 Å². The molecule has 0 unspecified atom stereocenters. The number of rotatable bonds is 53. The van der Waals surface area contributed by atoms with Gasteiger partial charge in [0.2, 0.25) is 11.8 Å². The van der Waals surface area contributed by atoms with Crippen LogP contribution >= 0.6 is 0 Å². The molecule has 0 aromatic heterocycles. The van der Waals surface area contributed by atoms with Gasteiger partial charge in [0.05, 0.1) is 6.10 Å². The molecule has 6 nitrogen and oxygen atoms in total. The van der Waals surface area contributed by atoms with Crippen LogP contribution in [0.1, 0.15) is 336 Å². The van der Waals surface area contributed by atoms with Crippen LogP contribution in [0.2, 0.25) is 0 Å². The Morgan fingerprint density at radius 3 is 0.838 bits per heavy atom. The molecule has 68 heavy (non-hydrogen) atoms. The summed E-state index contributed by atoms with van der Waals surface area (Å²) in [6.07, 6.45) is 59.5. The van der Waals surface area contributed by atoms with E-state index in [1.807, 2.05) is 0 Å². The summed E-state index contributed by atoms with van der Waals surface area (Å²) < 4.78 is 0. The maximum absolute atomic E-state index is 13.5. The van der Waals surface area contributed by atoms with Crippen LogP contribution < -0.4 is 0 Å². The summed E-state index contributed by atoms with van der Waals surface area (Å²) in [6, 6.07) is 0.320. The van der Waals surface area contributed by atoms with Gasteiger partial charge in [0.1, 0.15) is 0 Å². The van der Waals surface area contributed by atoms with Crippen LogP contribution in [0.15, 0.2) is 0 Å². The Morgan fingerprint density at radius 2 is 0.559 bits per heavy atom. The number of carbonyl (C=O) groups excluding carboxylic acids is 2. The summed E-state index contributed by atoms with van der Waals surface area (Å²) in [5.41, 5.74) is 0. The number of aliphatic hydroxyl groups excluding tert-OH is 1. The maximum Gasteiger partial charge on any atom is 0.222 e. The lowest BCUT2D eigenvalue weighted by atomic mass is 9.91. The molecule has 1 aliphatic rings. The molecule has 404 valence electrons. The molecule has 0 radical (unpaired) electrons. The zero-order chi connectivity index (χ0) is 49.2. The predicted octanol–water partition coefficient (Wildman–Crippen LogP) is 18.5. The fraction of sp³-hybridized carbons (Fsp3) is 0.968. The number of hydrogen-bond donors (Lipinski definition) is 1. The molecule has 2 atom stereocenters. The Labute approximate surface area is 426 Å². The van der Waals surface area contributed by atoms with Crippen molar-refractivity contribution in [3.8, 4) is 0 Å². The minimum Gasteiger partial charge on any atom is -0.391 e. The minimum atomic E-state index is -0.181. The van der Waals surface area contributed by atoms with Crippen molar-refractivity contribution >= 4 is 11.8 Å². The monoisotopic (exact) mass is 958 g/mol. The molecule has 6 heteroatoms. The first-order valence-corrected chi connectivity index (χ1v) is 31.5. The van der Waals surface area contributed by atoms with Gasteiger partial charge in [0.25, 0.3) is 0 Å². The van der Waals surface area contributed by atoms with E-state index in [0.717, 1.165) is 97.1 Å². The molecule has 0 saturated heterocycles. The molecule has 1 saturated carbocycles. The van der Waals surface area contributed by atoms with E-state index in [1.165, 1.54) is 250 Å². The molecule has 1 fully saturated rings. The smallest absolute Gasteiger partial charge is 0.222 e. The topological polar surface area (TPSA) is 64.1 Å². The highest BCUT2D eigenvalue weighted by Gasteiger charge is 2.28. The number of hydrogen-bond acceptors (Lipinski definition) is 4. The Hall–Kier alpha value is -1.14. The third kappa shape index (κ3) is 39.5. The number of carbonyl (C=O) groups is 2. The molecule has 1 aliphatic carbocycles. The molecule has 0 aromatic rings. The second kappa shape index (κ2) is 50.8. The first-order chi connectivity index (χ1) is 33.5. The van der Waals surface area contributed by atoms with Gasteiger partial charge in [-0.25, -0.2) is 0 Å². The minimum absolute atomic E-state index is 0.181. The van der Waals surface area contributed by atoms with E-state index in [2.05, 4.69) is 42.4 Å². The van der Waals surface area contributed by atoms with Crippen LogP contribution in [0.3, 0.4) is 0 Å². The number of nitrogens with zero attached hydrogens (tertiary/aromatic N) is 3. The van der Waals surface area contributed by atoms with E-state index in [-0.39, 0.29) is 6.10 Å². The Morgan fingerprint density at radius 1 is 0.324 bits per heavy atom. The maximum atomic E-state index is 13.5. The van der Waals surface area contributed by atoms with Crippen molar-refractivity contribution in [2.45, 2.75) is 348 Å². The first-order valence-electron chi connectivity index (χ1n) is 31.5. The number of amides is 2. The zero-order valence-electron chi connectivity index (χ0n) is 46.9. The van der Waals surface area contributed by atoms with Gasteiger partial charge < -0.3 is 14.9 Å². The van der Waals surface area contributed by atoms with Crippen LogP contribution in [-0.2, 0) is 9.59 Å². The highest BCUT2D eigenvalue weighted by atomic mass is 16.3. The fourth-order valence-electron chi connectivity index (χ4n) is 11.0. The van der Waals surface area contributed by atoms with Crippen molar-refractivity contribution in [2.24, 2.45) is 0 Å². The molecule has 0 aromatic carbocycles. The third-order valence-corrected chi connectivity index (χ3v) is 15.7. The van der Waals surface area contributed by atoms with Gasteiger partial charge in [-0.3, -0.25) is 14.5 Å². The molecule has 1 N–H and O–H groups in total. The average Bonchev–Trinajstić information content (AvgIpc) is 3.34. The molecule has 0 heterocycles. The SMILES string of the molecule is CCCCCCCCCCN(CCCCCCCCCC)C(=O)CCCCCCCN(CCCCCCCC(=O)N(CCCCCCCCCC)CCCCCCCCCC)[C@H]1CCCC[C@@H]1O. The second-order valence-corrected chi connectivity index (χ2v) is 22.2. The van der Waals surface area contributed by atoms with E-state index < -0.39 is 0 Å². The zero-order valence-corrected chi connectivity index (χ0v) is 46.9. The van der Waals surface area contributed by atoms with Gasteiger partial charge in [-0.15, -0.1) is 0 Å². The largest absolute Gasteiger partial charge is 0.391 e. The van der Waals surface area contributed by atoms with E-state index in [4.69, 9.17) is 0 Å². The van der Waals surface area contributed by atoms with Crippen LogP contribution in [0, 0.1) is 0 Å². The van der Waals surface area contributed by atoms with Gasteiger partial charge >= 0.3 is 0 Å². The first kappa shape index (κ1) is 64.9. The molecular weight excluding hydrogens is 835 g/mol.